The van der Waals surface area contributed by atoms with E-state index in [0.717, 1.165) is 0 Å². The molecule has 0 aromatic carbocycles. The molecule has 0 saturated carbocycles. The number of rotatable bonds is 20. The maximum Gasteiger partial charge on any atom is 0.100 e. The average molecular weight is 393 g/mol. The van der Waals surface area contributed by atoms with Crippen molar-refractivity contribution in [3.05, 3.63) is 12.4 Å². The largest absolute Gasteiger partial charge is 0.356 e. The number of unbranched alkanes of at least 4 members (excludes halogenated alkanes) is 15. The molecule has 28 heavy (non-hydrogen) atoms. The highest BCUT2D eigenvalue weighted by Gasteiger charge is 2.22. The van der Waals surface area contributed by atoms with Crippen molar-refractivity contribution < 1.29 is 0 Å². The van der Waals surface area contributed by atoms with Gasteiger partial charge in [-0.05, 0) is 19.3 Å². The monoisotopic (exact) mass is 392 g/mol. The lowest BCUT2D eigenvalue weighted by Gasteiger charge is -2.32. The summed E-state index contributed by atoms with van der Waals surface area (Å²) in [4.78, 5) is 5.09. The van der Waals surface area contributed by atoms with Gasteiger partial charge in [-0.25, -0.2) is 0 Å². The molecule has 1 aliphatic heterocycles. The summed E-state index contributed by atoms with van der Waals surface area (Å²) in [6, 6.07) is 0. The molecule has 0 aromatic rings. The Morgan fingerprint density at radius 2 is 0.857 bits per heavy atom. The Morgan fingerprint density at radius 1 is 0.464 bits per heavy atom. The fourth-order valence-electron chi connectivity index (χ4n) is 4.58. The molecule has 0 fully saturated rings. The maximum atomic E-state index is 2.57. The molecule has 1 rings (SSSR count). The average Bonchev–Trinajstić information content (AvgIpc) is 3.09. The summed E-state index contributed by atoms with van der Waals surface area (Å²) in [5, 5.41) is 0. The van der Waals surface area contributed by atoms with Crippen LogP contribution in [-0.2, 0) is 0 Å². The second-order valence-corrected chi connectivity index (χ2v) is 8.97. The molecule has 2 nitrogen and oxygen atoms in total. The van der Waals surface area contributed by atoms with Crippen molar-refractivity contribution in [3.63, 3.8) is 0 Å². The van der Waals surface area contributed by atoms with Crippen molar-refractivity contribution >= 4 is 0 Å². The number of hydrogen-bond donors (Lipinski definition) is 0. The Hall–Kier alpha value is -0.660. The third kappa shape index (κ3) is 12.0. The van der Waals surface area contributed by atoms with Gasteiger partial charge in [0, 0.05) is 25.5 Å². The molecule has 1 unspecified atom stereocenters. The lowest BCUT2D eigenvalue weighted by molar-refractivity contribution is 0.146. The summed E-state index contributed by atoms with van der Waals surface area (Å²) in [5.41, 5.74) is 0. The Balaban J connectivity index is 1.82. The summed E-state index contributed by atoms with van der Waals surface area (Å²) in [7, 11) is 0. The van der Waals surface area contributed by atoms with Gasteiger partial charge in [0.2, 0.25) is 0 Å². The molecule has 0 spiro atoms. The van der Waals surface area contributed by atoms with Crippen LogP contribution in [0.25, 0.3) is 0 Å². The minimum Gasteiger partial charge on any atom is -0.356 e. The molecule has 1 aliphatic rings. The van der Waals surface area contributed by atoms with Gasteiger partial charge >= 0.3 is 0 Å². The van der Waals surface area contributed by atoms with E-state index in [9.17, 15) is 0 Å². The predicted octanol–water partition coefficient (Wildman–Crippen LogP) is 8.48. The number of hydrogen-bond acceptors (Lipinski definition) is 2. The third-order valence-corrected chi connectivity index (χ3v) is 6.33. The normalized spacial score (nSPS) is 16.5. The SMILES string of the molecule is CCCCCCCCCCCCCCCCCCN1C=CN(CCC)C1CC. The highest BCUT2D eigenvalue weighted by molar-refractivity contribution is 4.96. The fourth-order valence-corrected chi connectivity index (χ4v) is 4.58. The van der Waals surface area contributed by atoms with Crippen LogP contribution in [0.15, 0.2) is 12.4 Å². The second-order valence-electron chi connectivity index (χ2n) is 8.97. The van der Waals surface area contributed by atoms with E-state index < -0.39 is 0 Å². The quantitative estimate of drug-likeness (QED) is 0.192. The van der Waals surface area contributed by atoms with E-state index in [1.54, 1.807) is 0 Å². The molecule has 2 heteroatoms. The first kappa shape index (κ1) is 25.4. The molecular weight excluding hydrogens is 340 g/mol. The van der Waals surface area contributed by atoms with Crippen molar-refractivity contribution in [3.8, 4) is 0 Å². The summed E-state index contributed by atoms with van der Waals surface area (Å²) >= 11 is 0. The molecule has 0 amide bonds. The van der Waals surface area contributed by atoms with Crippen LogP contribution in [0.1, 0.15) is 136 Å². The van der Waals surface area contributed by atoms with Gasteiger partial charge in [0.15, 0.2) is 0 Å². The van der Waals surface area contributed by atoms with Crippen LogP contribution in [0, 0.1) is 0 Å². The minimum atomic E-state index is 0.622. The third-order valence-electron chi connectivity index (χ3n) is 6.33. The summed E-state index contributed by atoms with van der Waals surface area (Å²) in [5.74, 6) is 0. The number of nitrogens with zero attached hydrogens (tertiary/aromatic N) is 2. The van der Waals surface area contributed by atoms with Gasteiger partial charge in [0.05, 0.1) is 0 Å². The van der Waals surface area contributed by atoms with E-state index in [-0.39, 0.29) is 0 Å². The molecule has 0 radical (unpaired) electrons. The Kier molecular flexibility index (Phi) is 16.7. The van der Waals surface area contributed by atoms with Crippen LogP contribution in [-0.4, -0.2) is 29.1 Å². The molecule has 1 atom stereocenters. The van der Waals surface area contributed by atoms with Gasteiger partial charge in [-0.1, -0.05) is 117 Å². The summed E-state index contributed by atoms with van der Waals surface area (Å²) in [6.45, 7) is 9.34. The fraction of sp³-hybridized carbons (Fsp3) is 0.923. The van der Waals surface area contributed by atoms with Crippen molar-refractivity contribution in [2.75, 3.05) is 13.1 Å². The lowest BCUT2D eigenvalue weighted by atomic mass is 10.0. The van der Waals surface area contributed by atoms with E-state index in [0.29, 0.717) is 6.17 Å². The Labute approximate surface area is 178 Å². The summed E-state index contributed by atoms with van der Waals surface area (Å²) < 4.78 is 0. The molecular formula is C26H52N2. The molecule has 0 saturated heterocycles. The Bertz CT molecular complexity index is 352. The van der Waals surface area contributed by atoms with Gasteiger partial charge in [0.25, 0.3) is 0 Å². The van der Waals surface area contributed by atoms with Crippen LogP contribution in [0.2, 0.25) is 0 Å². The summed E-state index contributed by atoms with van der Waals surface area (Å²) in [6.07, 6.45) is 30.9. The highest BCUT2D eigenvalue weighted by atomic mass is 15.4. The van der Waals surface area contributed by atoms with Gasteiger partial charge in [0.1, 0.15) is 6.17 Å². The highest BCUT2D eigenvalue weighted by Crippen LogP contribution is 2.20. The van der Waals surface area contributed by atoms with Gasteiger partial charge in [-0.2, -0.15) is 0 Å². The van der Waals surface area contributed by atoms with Crippen LogP contribution < -0.4 is 0 Å². The zero-order valence-electron chi connectivity index (χ0n) is 19.8. The molecule has 0 aliphatic carbocycles. The molecule has 166 valence electrons. The van der Waals surface area contributed by atoms with Gasteiger partial charge < -0.3 is 9.80 Å². The van der Waals surface area contributed by atoms with Crippen LogP contribution >= 0.6 is 0 Å². The van der Waals surface area contributed by atoms with Crippen molar-refractivity contribution in [1.29, 1.82) is 0 Å². The Morgan fingerprint density at radius 3 is 1.25 bits per heavy atom. The van der Waals surface area contributed by atoms with Gasteiger partial charge in [-0.3, -0.25) is 0 Å². The first-order chi connectivity index (χ1) is 13.8. The molecule has 1 heterocycles. The predicted molar refractivity (Wildman–Crippen MR) is 126 cm³/mol. The van der Waals surface area contributed by atoms with Gasteiger partial charge in [-0.15, -0.1) is 0 Å². The zero-order chi connectivity index (χ0) is 20.3. The standard InChI is InChI=1S/C26H52N2/c1-4-7-8-9-10-11-12-13-14-15-16-17-18-19-20-21-23-28-25-24-27(22-5-2)26(28)6-3/h24-26H,4-23H2,1-3H3. The lowest BCUT2D eigenvalue weighted by Crippen LogP contribution is -2.38. The molecule has 0 bridgehead atoms. The van der Waals surface area contributed by atoms with E-state index >= 15 is 0 Å². The topological polar surface area (TPSA) is 6.48 Å². The zero-order valence-corrected chi connectivity index (χ0v) is 19.8. The van der Waals surface area contributed by atoms with E-state index in [4.69, 9.17) is 0 Å². The van der Waals surface area contributed by atoms with Crippen LogP contribution in [0.3, 0.4) is 0 Å². The van der Waals surface area contributed by atoms with E-state index in [1.165, 1.54) is 129 Å². The minimum absolute atomic E-state index is 0.622. The van der Waals surface area contributed by atoms with Crippen molar-refractivity contribution in [2.45, 2.75) is 143 Å². The maximum absolute atomic E-state index is 2.57. The van der Waals surface area contributed by atoms with E-state index in [2.05, 4.69) is 43.0 Å². The second kappa shape index (κ2) is 18.4. The van der Waals surface area contributed by atoms with E-state index in [1.807, 2.05) is 0 Å². The van der Waals surface area contributed by atoms with Crippen LogP contribution in [0.4, 0.5) is 0 Å². The smallest absolute Gasteiger partial charge is 0.100 e. The van der Waals surface area contributed by atoms with Crippen LogP contribution in [0.5, 0.6) is 0 Å². The molecule has 0 aromatic heterocycles. The first-order valence-electron chi connectivity index (χ1n) is 13.0. The first-order valence-corrected chi connectivity index (χ1v) is 13.0. The van der Waals surface area contributed by atoms with Crippen molar-refractivity contribution in [1.82, 2.24) is 9.80 Å². The van der Waals surface area contributed by atoms with Crippen molar-refractivity contribution in [2.24, 2.45) is 0 Å². The molecule has 0 N–H and O–H groups in total.